The molecule has 1 aromatic heterocycles. The van der Waals surface area contributed by atoms with Gasteiger partial charge in [-0.2, -0.15) is 13.2 Å². The highest BCUT2D eigenvalue weighted by molar-refractivity contribution is 6.02. The van der Waals surface area contributed by atoms with Gasteiger partial charge in [0.05, 0.1) is 0 Å². The number of carboxylic acids is 1. The number of carbonyl (C=O) groups excluding carboxylic acids is 1. The van der Waals surface area contributed by atoms with Gasteiger partial charge in [0.25, 0.3) is 5.91 Å². The minimum Gasteiger partial charge on any atom is -0.475 e. The van der Waals surface area contributed by atoms with Gasteiger partial charge < -0.3 is 21.1 Å². The molecule has 2 aromatic rings. The van der Waals surface area contributed by atoms with Crippen molar-refractivity contribution in [2.45, 2.75) is 19.0 Å². The number of aromatic amines is 1. The maximum atomic E-state index is 11.8. The molecule has 1 aliphatic heterocycles. The summed E-state index contributed by atoms with van der Waals surface area (Å²) in [6, 6.07) is 3.87. The Morgan fingerprint density at radius 1 is 1.33 bits per heavy atom. The molecule has 1 amide bonds. The first-order valence-electron chi connectivity index (χ1n) is 7.16. The highest BCUT2D eigenvalue weighted by Crippen LogP contribution is 2.28. The van der Waals surface area contributed by atoms with Crippen LogP contribution in [0.2, 0.25) is 0 Å². The van der Waals surface area contributed by atoms with Crippen LogP contribution in [-0.2, 0) is 17.6 Å². The van der Waals surface area contributed by atoms with Crippen molar-refractivity contribution in [1.82, 2.24) is 10.3 Å². The Morgan fingerprint density at radius 2 is 2.00 bits per heavy atom. The summed E-state index contributed by atoms with van der Waals surface area (Å²) in [6.45, 7) is 1.35. The van der Waals surface area contributed by atoms with Crippen LogP contribution in [0.25, 0.3) is 10.9 Å². The molecule has 0 unspecified atom stereocenters. The van der Waals surface area contributed by atoms with Crippen molar-refractivity contribution in [1.29, 1.82) is 0 Å². The molecule has 0 saturated heterocycles. The van der Waals surface area contributed by atoms with Crippen molar-refractivity contribution in [3.05, 3.63) is 35.0 Å². The van der Waals surface area contributed by atoms with Gasteiger partial charge in [0, 0.05) is 29.2 Å². The number of hydrogen-bond acceptors (Lipinski definition) is 3. The smallest absolute Gasteiger partial charge is 0.475 e. The lowest BCUT2D eigenvalue weighted by molar-refractivity contribution is -0.192. The van der Waals surface area contributed by atoms with Gasteiger partial charge in [-0.3, -0.25) is 4.79 Å². The molecule has 2 heterocycles. The third-order valence-corrected chi connectivity index (χ3v) is 3.60. The summed E-state index contributed by atoms with van der Waals surface area (Å²) in [6.07, 6.45) is -1.34. The Balaban J connectivity index is 0.000000256. The average molecular weight is 343 g/mol. The molecule has 0 saturated carbocycles. The van der Waals surface area contributed by atoms with E-state index in [2.05, 4.69) is 10.3 Å². The van der Waals surface area contributed by atoms with Crippen molar-refractivity contribution in [3.8, 4) is 0 Å². The van der Waals surface area contributed by atoms with E-state index in [9.17, 15) is 18.0 Å². The largest absolute Gasteiger partial charge is 0.490 e. The number of aliphatic carboxylic acids is 1. The van der Waals surface area contributed by atoms with Crippen LogP contribution in [0.15, 0.2) is 18.3 Å². The van der Waals surface area contributed by atoms with Gasteiger partial charge in [-0.05, 0) is 42.6 Å². The molecule has 130 valence electrons. The molecule has 0 fully saturated rings. The van der Waals surface area contributed by atoms with Gasteiger partial charge in [0.2, 0.25) is 0 Å². The van der Waals surface area contributed by atoms with Crippen LogP contribution < -0.4 is 11.1 Å². The summed E-state index contributed by atoms with van der Waals surface area (Å²) in [5.74, 6) is -2.72. The second kappa shape index (κ2) is 6.91. The van der Waals surface area contributed by atoms with Gasteiger partial charge in [0.1, 0.15) is 0 Å². The Labute approximate surface area is 134 Å². The molecule has 5 N–H and O–H groups in total. The molecule has 6 nitrogen and oxygen atoms in total. The highest BCUT2D eigenvalue weighted by Gasteiger charge is 2.38. The fourth-order valence-corrected chi connectivity index (χ4v) is 2.59. The number of nitrogens with one attached hydrogen (secondary N) is 2. The summed E-state index contributed by atoms with van der Waals surface area (Å²) < 4.78 is 31.7. The molecule has 0 atom stereocenters. The number of carboxylic acid groups (broad SMARTS) is 1. The maximum absolute atomic E-state index is 11.8. The zero-order valence-corrected chi connectivity index (χ0v) is 12.5. The standard InChI is InChI=1S/C13H15N3O.C2HF3O2/c14-5-3-8-7-16-11-2-1-10-9(12(8)11)4-6-15-13(10)17;3-2(4,5)1(6)7/h1-2,7,16H,3-6,14H2,(H,15,17);(H,6,7). The number of fused-ring (bicyclic) bond motifs is 3. The fraction of sp³-hybridized carbons (Fsp3) is 0.333. The Morgan fingerprint density at radius 3 is 2.58 bits per heavy atom. The van der Waals surface area contributed by atoms with Crippen LogP contribution in [0.5, 0.6) is 0 Å². The summed E-state index contributed by atoms with van der Waals surface area (Å²) >= 11 is 0. The number of halogens is 3. The fourth-order valence-electron chi connectivity index (χ4n) is 2.59. The minimum atomic E-state index is -5.08. The summed E-state index contributed by atoms with van der Waals surface area (Å²) in [7, 11) is 0. The van der Waals surface area contributed by atoms with Crippen molar-refractivity contribution >= 4 is 22.8 Å². The zero-order valence-electron chi connectivity index (χ0n) is 12.5. The molecule has 1 aliphatic rings. The number of hydrogen-bond donors (Lipinski definition) is 4. The van der Waals surface area contributed by atoms with Crippen molar-refractivity contribution in [2.75, 3.05) is 13.1 Å². The Hall–Kier alpha value is -2.55. The van der Waals surface area contributed by atoms with E-state index in [4.69, 9.17) is 15.6 Å². The predicted octanol–water partition coefficient (Wildman–Crippen LogP) is 1.59. The van der Waals surface area contributed by atoms with Crippen molar-refractivity contribution in [3.63, 3.8) is 0 Å². The average Bonchev–Trinajstić information content (AvgIpc) is 2.91. The Bertz CT molecular complexity index is 768. The number of alkyl halides is 3. The summed E-state index contributed by atoms with van der Waals surface area (Å²) in [5.41, 5.74) is 9.91. The molecule has 3 rings (SSSR count). The molecule has 0 radical (unpaired) electrons. The summed E-state index contributed by atoms with van der Waals surface area (Å²) in [4.78, 5) is 23.9. The minimum absolute atomic E-state index is 0.0352. The molecule has 9 heteroatoms. The molecule has 0 bridgehead atoms. The quantitative estimate of drug-likeness (QED) is 0.664. The second-order valence-electron chi connectivity index (χ2n) is 5.18. The Kier molecular flexibility index (Phi) is 5.13. The number of benzene rings is 1. The van der Waals surface area contributed by atoms with Crippen molar-refractivity contribution < 1.29 is 27.9 Å². The van der Waals surface area contributed by atoms with Crippen LogP contribution in [0.1, 0.15) is 21.5 Å². The number of amides is 1. The van der Waals surface area contributed by atoms with Gasteiger partial charge in [0.15, 0.2) is 0 Å². The summed E-state index contributed by atoms with van der Waals surface area (Å²) in [5, 5.41) is 11.2. The number of carbonyl (C=O) groups is 2. The maximum Gasteiger partial charge on any atom is 0.490 e. The SMILES string of the molecule is NCCc1c[nH]c2ccc3c(c12)CCNC3=O.O=C(O)C(F)(F)F. The first kappa shape index (κ1) is 17.8. The van der Waals surface area contributed by atoms with E-state index in [-0.39, 0.29) is 5.91 Å². The topological polar surface area (TPSA) is 108 Å². The van der Waals surface area contributed by atoms with Gasteiger partial charge in [-0.1, -0.05) is 0 Å². The van der Waals surface area contributed by atoms with E-state index in [1.807, 2.05) is 18.3 Å². The number of H-pyrrole nitrogens is 1. The van der Waals surface area contributed by atoms with E-state index in [1.165, 1.54) is 10.9 Å². The lowest BCUT2D eigenvalue weighted by Crippen LogP contribution is -2.31. The normalized spacial score (nSPS) is 13.8. The highest BCUT2D eigenvalue weighted by atomic mass is 19.4. The monoisotopic (exact) mass is 343 g/mol. The molecule has 1 aromatic carbocycles. The van der Waals surface area contributed by atoms with Gasteiger partial charge >= 0.3 is 12.1 Å². The van der Waals surface area contributed by atoms with Crippen LogP contribution >= 0.6 is 0 Å². The molecule has 0 spiro atoms. The predicted molar refractivity (Wildman–Crippen MR) is 80.8 cm³/mol. The second-order valence-corrected chi connectivity index (χ2v) is 5.18. The number of aromatic nitrogens is 1. The van der Waals surface area contributed by atoms with E-state index >= 15 is 0 Å². The van der Waals surface area contributed by atoms with E-state index < -0.39 is 12.1 Å². The van der Waals surface area contributed by atoms with Crippen LogP contribution in [0, 0.1) is 0 Å². The van der Waals surface area contributed by atoms with E-state index in [0.29, 0.717) is 6.54 Å². The van der Waals surface area contributed by atoms with E-state index in [0.717, 1.165) is 36.0 Å². The first-order valence-corrected chi connectivity index (χ1v) is 7.16. The molecular weight excluding hydrogens is 327 g/mol. The molecule has 0 aliphatic carbocycles. The third-order valence-electron chi connectivity index (χ3n) is 3.60. The molecule has 24 heavy (non-hydrogen) atoms. The zero-order chi connectivity index (χ0) is 17.9. The van der Waals surface area contributed by atoms with Crippen molar-refractivity contribution in [2.24, 2.45) is 5.73 Å². The molecular formula is C15H16F3N3O3. The first-order chi connectivity index (χ1) is 11.3. The van der Waals surface area contributed by atoms with Gasteiger partial charge in [-0.25, -0.2) is 4.79 Å². The third kappa shape index (κ3) is 3.67. The van der Waals surface area contributed by atoms with Crippen LogP contribution in [0.3, 0.4) is 0 Å². The van der Waals surface area contributed by atoms with E-state index in [1.54, 1.807) is 0 Å². The lowest BCUT2D eigenvalue weighted by Gasteiger charge is -2.17. The van der Waals surface area contributed by atoms with Gasteiger partial charge in [-0.15, -0.1) is 0 Å². The van der Waals surface area contributed by atoms with Crippen LogP contribution in [0.4, 0.5) is 13.2 Å². The number of nitrogens with two attached hydrogens (primary N) is 1. The number of rotatable bonds is 2. The lowest BCUT2D eigenvalue weighted by atomic mass is 9.94. The van der Waals surface area contributed by atoms with Crippen LogP contribution in [-0.4, -0.2) is 41.2 Å².